The summed E-state index contributed by atoms with van der Waals surface area (Å²) in [6.07, 6.45) is 0.466. The van der Waals surface area contributed by atoms with Crippen molar-refractivity contribution < 1.29 is 23.0 Å². The zero-order chi connectivity index (χ0) is 13.5. The van der Waals surface area contributed by atoms with Crippen LogP contribution in [0.5, 0.6) is 5.75 Å². The Labute approximate surface area is 118 Å². The molecule has 0 N–H and O–H groups in total. The number of benzene rings is 1. The number of esters is 1. The molecule has 0 aliphatic carbocycles. The minimum absolute atomic E-state index is 0.112. The first-order valence-electron chi connectivity index (χ1n) is 5.42. The molecule has 1 rings (SSSR count). The highest BCUT2D eigenvalue weighted by molar-refractivity contribution is 14.1. The number of alkyl halides is 2. The monoisotopic (exact) mass is 370 g/mol. The third-order valence-electron chi connectivity index (χ3n) is 2.18. The van der Waals surface area contributed by atoms with Crippen LogP contribution in [-0.2, 0) is 16.0 Å². The van der Waals surface area contributed by atoms with Crippen LogP contribution >= 0.6 is 22.6 Å². The van der Waals surface area contributed by atoms with Crippen LogP contribution in [0.3, 0.4) is 0 Å². The highest BCUT2D eigenvalue weighted by atomic mass is 127. The van der Waals surface area contributed by atoms with Gasteiger partial charge in [0.25, 0.3) is 0 Å². The summed E-state index contributed by atoms with van der Waals surface area (Å²) in [5.74, 6) is -0.235. The Balaban J connectivity index is 2.76. The highest BCUT2D eigenvalue weighted by Gasteiger charge is 2.13. The van der Waals surface area contributed by atoms with Gasteiger partial charge in [-0.25, -0.2) is 0 Å². The lowest BCUT2D eigenvalue weighted by Gasteiger charge is -2.12. The first kappa shape index (κ1) is 15.1. The molecular formula is C12H13F2IO3. The zero-order valence-electron chi connectivity index (χ0n) is 9.79. The number of rotatable bonds is 6. The maximum absolute atomic E-state index is 12.2. The molecule has 0 radical (unpaired) electrons. The average molecular weight is 370 g/mol. The van der Waals surface area contributed by atoms with Crippen LogP contribution in [-0.4, -0.2) is 19.2 Å². The minimum Gasteiger partial charge on any atom is -0.466 e. The van der Waals surface area contributed by atoms with Crippen molar-refractivity contribution in [2.45, 2.75) is 26.4 Å². The van der Waals surface area contributed by atoms with Crippen LogP contribution in [0, 0.1) is 3.57 Å². The van der Waals surface area contributed by atoms with Crippen molar-refractivity contribution in [1.29, 1.82) is 0 Å². The van der Waals surface area contributed by atoms with E-state index in [9.17, 15) is 13.6 Å². The number of halogens is 3. The van der Waals surface area contributed by atoms with Crippen molar-refractivity contribution in [2.75, 3.05) is 6.61 Å². The van der Waals surface area contributed by atoms with Gasteiger partial charge < -0.3 is 9.47 Å². The van der Waals surface area contributed by atoms with Gasteiger partial charge >= 0.3 is 12.6 Å². The molecule has 1 aromatic rings. The SMILES string of the molecule is CCOC(=O)CCc1c(I)cccc1OC(F)F. The maximum Gasteiger partial charge on any atom is 0.387 e. The van der Waals surface area contributed by atoms with Crippen LogP contribution in [0.4, 0.5) is 8.78 Å². The molecule has 100 valence electrons. The van der Waals surface area contributed by atoms with Gasteiger partial charge in [-0.3, -0.25) is 4.79 Å². The average Bonchev–Trinajstić information content (AvgIpc) is 2.28. The van der Waals surface area contributed by atoms with E-state index in [1.807, 2.05) is 22.6 Å². The second-order valence-electron chi connectivity index (χ2n) is 3.40. The fourth-order valence-electron chi connectivity index (χ4n) is 1.45. The minimum atomic E-state index is -2.87. The van der Waals surface area contributed by atoms with Crippen LogP contribution < -0.4 is 4.74 Å². The van der Waals surface area contributed by atoms with Gasteiger partial charge in [0.1, 0.15) is 5.75 Å². The van der Waals surface area contributed by atoms with Gasteiger partial charge in [0.15, 0.2) is 0 Å². The molecule has 0 fully saturated rings. The Bertz CT molecular complexity index is 410. The molecule has 3 nitrogen and oxygen atoms in total. The van der Waals surface area contributed by atoms with E-state index in [0.717, 1.165) is 3.57 Å². The maximum atomic E-state index is 12.2. The number of carbonyl (C=O) groups is 1. The molecule has 0 saturated carbocycles. The second kappa shape index (κ2) is 7.50. The van der Waals surface area contributed by atoms with Crippen LogP contribution in [0.2, 0.25) is 0 Å². The van der Waals surface area contributed by atoms with Gasteiger partial charge in [-0.2, -0.15) is 8.78 Å². The third-order valence-corrected chi connectivity index (χ3v) is 3.19. The van der Waals surface area contributed by atoms with E-state index in [1.165, 1.54) is 6.07 Å². The molecule has 0 heterocycles. The van der Waals surface area contributed by atoms with E-state index in [0.29, 0.717) is 18.6 Å². The fourth-order valence-corrected chi connectivity index (χ4v) is 2.19. The normalized spacial score (nSPS) is 10.5. The molecule has 0 atom stereocenters. The fraction of sp³-hybridized carbons (Fsp3) is 0.417. The summed E-state index contributed by atoms with van der Waals surface area (Å²) in [6.45, 7) is -0.842. The van der Waals surface area contributed by atoms with Crippen molar-refractivity contribution in [1.82, 2.24) is 0 Å². The molecule has 1 aromatic carbocycles. The lowest BCUT2D eigenvalue weighted by Crippen LogP contribution is -2.09. The first-order chi connectivity index (χ1) is 8.54. The molecule has 0 saturated heterocycles. The summed E-state index contributed by atoms with van der Waals surface area (Å²) >= 11 is 2.02. The zero-order valence-corrected chi connectivity index (χ0v) is 11.9. The quantitative estimate of drug-likeness (QED) is 0.569. The number of carbonyl (C=O) groups excluding carboxylic acids is 1. The number of hydrogen-bond acceptors (Lipinski definition) is 3. The molecule has 18 heavy (non-hydrogen) atoms. The van der Waals surface area contributed by atoms with Crippen LogP contribution in [0.25, 0.3) is 0 Å². The van der Waals surface area contributed by atoms with E-state index in [2.05, 4.69) is 4.74 Å². The van der Waals surface area contributed by atoms with Crippen molar-refractivity contribution in [2.24, 2.45) is 0 Å². The molecule has 0 unspecified atom stereocenters. The molecule has 0 aliphatic heterocycles. The Hall–Kier alpha value is -0.920. The lowest BCUT2D eigenvalue weighted by molar-refractivity contribution is -0.143. The molecule has 0 spiro atoms. The second-order valence-corrected chi connectivity index (χ2v) is 4.56. The Morgan fingerprint density at radius 1 is 1.44 bits per heavy atom. The van der Waals surface area contributed by atoms with E-state index in [4.69, 9.17) is 4.74 Å². The topological polar surface area (TPSA) is 35.5 Å². The van der Waals surface area contributed by atoms with Gasteiger partial charge in [0.2, 0.25) is 0 Å². The van der Waals surface area contributed by atoms with Crippen molar-refractivity contribution in [3.8, 4) is 5.75 Å². The molecule has 0 aliphatic rings. The Kier molecular flexibility index (Phi) is 6.31. The third kappa shape index (κ3) is 4.75. The smallest absolute Gasteiger partial charge is 0.387 e. The van der Waals surface area contributed by atoms with Crippen molar-refractivity contribution in [3.05, 3.63) is 27.3 Å². The van der Waals surface area contributed by atoms with Crippen molar-refractivity contribution >= 4 is 28.6 Å². The van der Waals surface area contributed by atoms with Crippen molar-refractivity contribution in [3.63, 3.8) is 0 Å². The molecule has 0 amide bonds. The number of hydrogen-bond donors (Lipinski definition) is 0. The van der Waals surface area contributed by atoms with E-state index in [-0.39, 0.29) is 18.1 Å². The van der Waals surface area contributed by atoms with Gasteiger partial charge in [-0.05, 0) is 48.1 Å². The predicted octanol–water partition coefficient (Wildman–Crippen LogP) is 3.39. The Morgan fingerprint density at radius 3 is 2.78 bits per heavy atom. The highest BCUT2D eigenvalue weighted by Crippen LogP contribution is 2.26. The van der Waals surface area contributed by atoms with Gasteiger partial charge in [0, 0.05) is 15.6 Å². The predicted molar refractivity (Wildman–Crippen MR) is 70.7 cm³/mol. The molecule has 0 aromatic heterocycles. The van der Waals surface area contributed by atoms with Gasteiger partial charge in [0.05, 0.1) is 6.61 Å². The summed E-state index contributed by atoms with van der Waals surface area (Å²) in [6, 6.07) is 4.88. The standard InChI is InChI=1S/C12H13F2IO3/c1-2-17-11(16)7-6-8-9(15)4-3-5-10(8)18-12(13)14/h3-5,12H,2,6-7H2,1H3. The van der Waals surface area contributed by atoms with E-state index >= 15 is 0 Å². The van der Waals surface area contributed by atoms with E-state index < -0.39 is 6.61 Å². The number of ether oxygens (including phenoxy) is 2. The summed E-state index contributed by atoms with van der Waals surface area (Å²) in [4.78, 5) is 11.2. The Morgan fingerprint density at radius 2 is 2.17 bits per heavy atom. The van der Waals surface area contributed by atoms with E-state index in [1.54, 1.807) is 19.1 Å². The summed E-state index contributed by atoms with van der Waals surface area (Å²) < 4.78 is 34.5. The van der Waals surface area contributed by atoms with Gasteiger partial charge in [-0.15, -0.1) is 0 Å². The summed E-state index contributed by atoms with van der Waals surface area (Å²) in [5, 5.41) is 0. The molecule has 6 heteroatoms. The largest absolute Gasteiger partial charge is 0.466 e. The molecular weight excluding hydrogens is 357 g/mol. The first-order valence-corrected chi connectivity index (χ1v) is 6.50. The summed E-state index contributed by atoms with van der Waals surface area (Å²) in [5.41, 5.74) is 0.603. The lowest BCUT2D eigenvalue weighted by atomic mass is 10.1. The van der Waals surface area contributed by atoms with Crippen LogP contribution in [0.1, 0.15) is 18.9 Å². The van der Waals surface area contributed by atoms with Crippen LogP contribution in [0.15, 0.2) is 18.2 Å². The van der Waals surface area contributed by atoms with Gasteiger partial charge in [-0.1, -0.05) is 6.07 Å². The molecule has 0 bridgehead atoms. The summed E-state index contributed by atoms with van der Waals surface area (Å²) in [7, 11) is 0.